The molecule has 1 saturated heterocycles. The second-order valence-corrected chi connectivity index (χ2v) is 5.47. The van der Waals surface area contributed by atoms with Crippen LogP contribution in [0.4, 0.5) is 0 Å². The van der Waals surface area contributed by atoms with Crippen LogP contribution in [0.15, 0.2) is 22.6 Å². The van der Waals surface area contributed by atoms with E-state index in [-0.39, 0.29) is 0 Å². The van der Waals surface area contributed by atoms with Crippen LogP contribution < -0.4 is 5.32 Å². The Labute approximate surface area is 108 Å². The maximum absolute atomic E-state index is 5.96. The van der Waals surface area contributed by atoms with Crippen molar-refractivity contribution in [1.29, 1.82) is 0 Å². The maximum Gasteiger partial charge on any atom is 0.137 e. The van der Waals surface area contributed by atoms with Crippen LogP contribution in [0.5, 0.6) is 0 Å². The van der Waals surface area contributed by atoms with Crippen molar-refractivity contribution in [3.05, 3.63) is 35.1 Å². The molecule has 1 aromatic carbocycles. The highest BCUT2D eigenvalue weighted by atomic mass is 16.3. The van der Waals surface area contributed by atoms with Gasteiger partial charge in [0.2, 0.25) is 0 Å². The standard InChI is InChI=1S/C16H21NO/c1-11-12(2)18-16-14(4-3-5-15(11)16)10-13-6-8-17-9-7-13/h3-5,13,17H,6-10H2,1-2H3. The zero-order valence-corrected chi connectivity index (χ0v) is 11.3. The lowest BCUT2D eigenvalue weighted by Crippen LogP contribution is -2.28. The summed E-state index contributed by atoms with van der Waals surface area (Å²) in [6, 6.07) is 6.57. The topological polar surface area (TPSA) is 25.2 Å². The summed E-state index contributed by atoms with van der Waals surface area (Å²) in [5.41, 5.74) is 3.79. The van der Waals surface area contributed by atoms with Crippen LogP contribution in [-0.4, -0.2) is 13.1 Å². The van der Waals surface area contributed by atoms with E-state index >= 15 is 0 Å². The predicted octanol–water partition coefficient (Wildman–Crippen LogP) is 3.59. The van der Waals surface area contributed by atoms with Crippen molar-refractivity contribution in [3.63, 3.8) is 0 Å². The number of para-hydroxylation sites is 1. The molecule has 0 unspecified atom stereocenters. The third kappa shape index (κ3) is 2.05. The van der Waals surface area contributed by atoms with Crippen LogP contribution >= 0.6 is 0 Å². The van der Waals surface area contributed by atoms with E-state index in [4.69, 9.17) is 4.42 Å². The van der Waals surface area contributed by atoms with Crippen LogP contribution in [0.3, 0.4) is 0 Å². The Morgan fingerprint density at radius 2 is 2.00 bits per heavy atom. The predicted molar refractivity (Wildman–Crippen MR) is 75.0 cm³/mol. The van der Waals surface area contributed by atoms with Crippen molar-refractivity contribution in [1.82, 2.24) is 5.32 Å². The Balaban J connectivity index is 1.93. The molecule has 3 rings (SSSR count). The molecule has 1 aromatic heterocycles. The van der Waals surface area contributed by atoms with E-state index in [1.165, 1.54) is 29.4 Å². The normalized spacial score (nSPS) is 17.4. The smallest absolute Gasteiger partial charge is 0.137 e. The largest absolute Gasteiger partial charge is 0.461 e. The van der Waals surface area contributed by atoms with Gasteiger partial charge in [-0.1, -0.05) is 18.2 Å². The fourth-order valence-electron chi connectivity index (χ4n) is 2.98. The van der Waals surface area contributed by atoms with Crippen LogP contribution in [0.1, 0.15) is 29.7 Å². The molecule has 0 spiro atoms. The molecule has 1 fully saturated rings. The summed E-state index contributed by atoms with van der Waals surface area (Å²) in [5.74, 6) is 1.87. The zero-order chi connectivity index (χ0) is 12.5. The van der Waals surface area contributed by atoms with Gasteiger partial charge in [-0.3, -0.25) is 0 Å². The number of fused-ring (bicyclic) bond motifs is 1. The van der Waals surface area contributed by atoms with E-state index in [1.54, 1.807) is 0 Å². The summed E-state index contributed by atoms with van der Waals surface area (Å²) in [7, 11) is 0. The van der Waals surface area contributed by atoms with E-state index in [0.717, 1.165) is 36.8 Å². The van der Waals surface area contributed by atoms with Gasteiger partial charge in [-0.2, -0.15) is 0 Å². The minimum atomic E-state index is 0.808. The molecule has 18 heavy (non-hydrogen) atoms. The fourth-order valence-corrected chi connectivity index (χ4v) is 2.98. The Morgan fingerprint density at radius 1 is 1.22 bits per heavy atom. The molecule has 2 heteroatoms. The van der Waals surface area contributed by atoms with E-state index in [2.05, 4.69) is 37.4 Å². The van der Waals surface area contributed by atoms with Gasteiger partial charge in [0.1, 0.15) is 11.3 Å². The molecule has 1 N–H and O–H groups in total. The Morgan fingerprint density at radius 3 is 2.78 bits per heavy atom. The lowest BCUT2D eigenvalue weighted by atomic mass is 9.90. The molecular weight excluding hydrogens is 222 g/mol. The first-order valence-electron chi connectivity index (χ1n) is 6.94. The van der Waals surface area contributed by atoms with Crippen molar-refractivity contribution >= 4 is 11.0 Å². The molecule has 2 nitrogen and oxygen atoms in total. The zero-order valence-electron chi connectivity index (χ0n) is 11.3. The highest BCUT2D eigenvalue weighted by Crippen LogP contribution is 2.30. The Bertz CT molecular complexity index is 549. The summed E-state index contributed by atoms with van der Waals surface area (Å²) < 4.78 is 5.96. The van der Waals surface area contributed by atoms with Crippen molar-refractivity contribution in [2.24, 2.45) is 5.92 Å². The summed E-state index contributed by atoms with van der Waals surface area (Å²) in [6.07, 6.45) is 3.73. The lowest BCUT2D eigenvalue weighted by Gasteiger charge is -2.22. The average Bonchev–Trinajstić information content (AvgIpc) is 2.69. The number of hydrogen-bond acceptors (Lipinski definition) is 2. The highest BCUT2D eigenvalue weighted by Gasteiger charge is 2.17. The van der Waals surface area contributed by atoms with Crippen molar-refractivity contribution < 1.29 is 4.42 Å². The van der Waals surface area contributed by atoms with E-state index in [0.29, 0.717) is 0 Å². The molecule has 0 aliphatic carbocycles. The summed E-state index contributed by atoms with van der Waals surface area (Å²) in [4.78, 5) is 0. The molecular formula is C16H21NO. The summed E-state index contributed by atoms with van der Waals surface area (Å²) in [6.45, 7) is 6.53. The minimum absolute atomic E-state index is 0.808. The Hall–Kier alpha value is -1.28. The Kier molecular flexibility index (Phi) is 3.13. The van der Waals surface area contributed by atoms with Crippen molar-refractivity contribution in [2.45, 2.75) is 33.1 Å². The van der Waals surface area contributed by atoms with Gasteiger partial charge in [0.05, 0.1) is 0 Å². The molecule has 2 aromatic rings. The second kappa shape index (κ2) is 4.77. The van der Waals surface area contributed by atoms with Gasteiger partial charge in [0.25, 0.3) is 0 Å². The van der Waals surface area contributed by atoms with E-state index < -0.39 is 0 Å². The number of hydrogen-bond donors (Lipinski definition) is 1. The van der Waals surface area contributed by atoms with Crippen LogP contribution in [-0.2, 0) is 6.42 Å². The summed E-state index contributed by atoms with van der Waals surface area (Å²) in [5, 5.41) is 4.72. The number of aryl methyl sites for hydroxylation is 2. The first kappa shape index (κ1) is 11.8. The monoisotopic (exact) mass is 243 g/mol. The third-order valence-electron chi connectivity index (χ3n) is 4.25. The number of rotatable bonds is 2. The van der Waals surface area contributed by atoms with Gasteiger partial charge in [-0.15, -0.1) is 0 Å². The number of benzene rings is 1. The van der Waals surface area contributed by atoms with Gasteiger partial charge < -0.3 is 9.73 Å². The molecule has 0 atom stereocenters. The molecule has 0 radical (unpaired) electrons. The fraction of sp³-hybridized carbons (Fsp3) is 0.500. The SMILES string of the molecule is Cc1oc2c(CC3CCNCC3)cccc2c1C. The first-order valence-corrected chi connectivity index (χ1v) is 6.94. The van der Waals surface area contributed by atoms with Crippen LogP contribution in [0.25, 0.3) is 11.0 Å². The van der Waals surface area contributed by atoms with E-state index in [9.17, 15) is 0 Å². The summed E-state index contributed by atoms with van der Waals surface area (Å²) >= 11 is 0. The van der Waals surface area contributed by atoms with Gasteiger partial charge in [-0.05, 0) is 63.2 Å². The second-order valence-electron chi connectivity index (χ2n) is 5.47. The molecule has 0 bridgehead atoms. The van der Waals surface area contributed by atoms with Gasteiger partial charge in [-0.25, -0.2) is 0 Å². The first-order chi connectivity index (χ1) is 8.75. The molecule has 96 valence electrons. The van der Waals surface area contributed by atoms with Gasteiger partial charge >= 0.3 is 0 Å². The van der Waals surface area contributed by atoms with Gasteiger partial charge in [0.15, 0.2) is 0 Å². The molecule has 1 aliphatic heterocycles. The molecule has 1 aliphatic rings. The van der Waals surface area contributed by atoms with Crippen LogP contribution in [0, 0.1) is 19.8 Å². The third-order valence-corrected chi connectivity index (χ3v) is 4.25. The number of furan rings is 1. The number of piperidine rings is 1. The maximum atomic E-state index is 5.96. The lowest BCUT2D eigenvalue weighted by molar-refractivity contribution is 0.372. The highest BCUT2D eigenvalue weighted by molar-refractivity contribution is 5.84. The molecule has 0 amide bonds. The van der Waals surface area contributed by atoms with Crippen molar-refractivity contribution in [2.75, 3.05) is 13.1 Å². The minimum Gasteiger partial charge on any atom is -0.461 e. The van der Waals surface area contributed by atoms with Crippen LogP contribution in [0.2, 0.25) is 0 Å². The quantitative estimate of drug-likeness (QED) is 0.872. The van der Waals surface area contributed by atoms with Crippen molar-refractivity contribution in [3.8, 4) is 0 Å². The average molecular weight is 243 g/mol. The van der Waals surface area contributed by atoms with E-state index in [1.807, 2.05) is 0 Å². The van der Waals surface area contributed by atoms with Gasteiger partial charge in [0, 0.05) is 5.39 Å². The number of nitrogens with one attached hydrogen (secondary N) is 1. The molecule has 2 heterocycles. The molecule has 0 saturated carbocycles.